The van der Waals surface area contributed by atoms with E-state index in [2.05, 4.69) is 10.2 Å². The third kappa shape index (κ3) is 7.36. The zero-order valence-electron chi connectivity index (χ0n) is 15.0. The van der Waals surface area contributed by atoms with Crippen molar-refractivity contribution in [3.8, 4) is 0 Å². The maximum Gasteiger partial charge on any atom is 0.224 e. The number of hydrogen-bond acceptors (Lipinski definition) is 5. The number of hydrogen-bond donors (Lipinski definition) is 1. The highest BCUT2D eigenvalue weighted by molar-refractivity contribution is 7.88. The van der Waals surface area contributed by atoms with Crippen LogP contribution in [0.15, 0.2) is 24.3 Å². The molecule has 0 bridgehead atoms. The number of carbonyl (C=O) groups is 1. The van der Waals surface area contributed by atoms with Crippen LogP contribution >= 0.6 is 0 Å². The van der Waals surface area contributed by atoms with E-state index in [1.165, 1.54) is 22.7 Å². The topological polar surface area (TPSA) is 79.0 Å². The van der Waals surface area contributed by atoms with Gasteiger partial charge in [0.2, 0.25) is 15.9 Å². The third-order valence-electron chi connectivity index (χ3n) is 4.18. The van der Waals surface area contributed by atoms with E-state index >= 15 is 0 Å². The lowest BCUT2D eigenvalue weighted by Gasteiger charge is -2.29. The third-order valence-corrected chi connectivity index (χ3v) is 5.48. The number of nitrogens with one attached hydrogen (secondary N) is 1. The molecule has 0 aliphatic carbocycles. The molecule has 7 nitrogen and oxygen atoms in total. The van der Waals surface area contributed by atoms with Gasteiger partial charge < -0.3 is 10.1 Å². The zero-order valence-corrected chi connectivity index (χ0v) is 15.8. The van der Waals surface area contributed by atoms with Gasteiger partial charge in [-0.05, 0) is 17.7 Å². The fraction of sp³-hybridized carbons (Fsp3) is 0.588. The van der Waals surface area contributed by atoms with Crippen LogP contribution in [-0.2, 0) is 26.0 Å². The molecule has 0 saturated carbocycles. The lowest BCUT2D eigenvalue weighted by atomic mass is 10.1. The lowest BCUT2D eigenvalue weighted by Crippen LogP contribution is -2.45. The minimum Gasteiger partial charge on any atom is -0.379 e. The Hall–Kier alpha value is -1.55. The molecular formula is C17H26FN3O4S. The van der Waals surface area contributed by atoms with E-state index in [0.717, 1.165) is 13.1 Å². The van der Waals surface area contributed by atoms with Gasteiger partial charge in [0.05, 0.1) is 25.9 Å². The van der Waals surface area contributed by atoms with E-state index in [4.69, 9.17) is 4.74 Å². The standard InChI is InChI=1S/C17H26FN3O4S/c1-26(23,24)21(8-7-20-9-11-25-12-10-20)6-5-19-17(22)14-15-3-2-4-16(18)13-15/h2-4,13H,5-12,14H2,1H3,(H,19,22). The summed E-state index contributed by atoms with van der Waals surface area (Å²) in [4.78, 5) is 14.1. The first-order valence-electron chi connectivity index (χ1n) is 8.61. The Balaban J connectivity index is 1.76. The van der Waals surface area contributed by atoms with Crippen LogP contribution in [0.5, 0.6) is 0 Å². The van der Waals surface area contributed by atoms with E-state index < -0.39 is 10.0 Å². The van der Waals surface area contributed by atoms with Crippen molar-refractivity contribution in [1.82, 2.24) is 14.5 Å². The molecule has 26 heavy (non-hydrogen) atoms. The average Bonchev–Trinajstić information content (AvgIpc) is 2.57. The summed E-state index contributed by atoms with van der Waals surface area (Å²) < 4.78 is 43.6. The van der Waals surface area contributed by atoms with Crippen molar-refractivity contribution in [3.05, 3.63) is 35.6 Å². The molecular weight excluding hydrogens is 361 g/mol. The molecule has 0 aromatic heterocycles. The number of morpholine rings is 1. The predicted molar refractivity (Wildman–Crippen MR) is 96.8 cm³/mol. The Labute approximate surface area is 154 Å². The van der Waals surface area contributed by atoms with Crippen LogP contribution in [-0.4, -0.2) is 82.3 Å². The van der Waals surface area contributed by atoms with Crippen LogP contribution in [0.2, 0.25) is 0 Å². The van der Waals surface area contributed by atoms with Gasteiger partial charge in [0.1, 0.15) is 5.82 Å². The number of halogens is 1. The van der Waals surface area contributed by atoms with Crippen LogP contribution in [0.1, 0.15) is 5.56 Å². The van der Waals surface area contributed by atoms with Gasteiger partial charge in [0.25, 0.3) is 0 Å². The Morgan fingerprint density at radius 2 is 2.04 bits per heavy atom. The largest absolute Gasteiger partial charge is 0.379 e. The summed E-state index contributed by atoms with van der Waals surface area (Å²) >= 11 is 0. The highest BCUT2D eigenvalue weighted by atomic mass is 32.2. The van der Waals surface area contributed by atoms with E-state index in [1.54, 1.807) is 12.1 Å². The minimum atomic E-state index is -3.35. The van der Waals surface area contributed by atoms with E-state index in [0.29, 0.717) is 31.9 Å². The van der Waals surface area contributed by atoms with Gasteiger partial charge in [-0.25, -0.2) is 12.8 Å². The molecule has 2 rings (SSSR count). The molecule has 1 N–H and O–H groups in total. The maximum atomic E-state index is 13.1. The summed E-state index contributed by atoms with van der Waals surface area (Å²) in [6, 6.07) is 5.85. The van der Waals surface area contributed by atoms with Crippen molar-refractivity contribution in [2.24, 2.45) is 0 Å². The van der Waals surface area contributed by atoms with Crippen molar-refractivity contribution >= 4 is 15.9 Å². The molecule has 9 heteroatoms. The van der Waals surface area contributed by atoms with Gasteiger partial charge in [-0.3, -0.25) is 9.69 Å². The van der Waals surface area contributed by atoms with Gasteiger partial charge in [-0.15, -0.1) is 0 Å². The summed E-state index contributed by atoms with van der Waals surface area (Å²) in [5.41, 5.74) is 0.579. The monoisotopic (exact) mass is 387 g/mol. The summed E-state index contributed by atoms with van der Waals surface area (Å²) in [5.74, 6) is -0.654. The van der Waals surface area contributed by atoms with Crippen LogP contribution in [0, 0.1) is 5.82 Å². The molecule has 0 unspecified atom stereocenters. The molecule has 0 radical (unpaired) electrons. The van der Waals surface area contributed by atoms with Crippen molar-refractivity contribution in [1.29, 1.82) is 0 Å². The normalized spacial score (nSPS) is 16.0. The first-order valence-corrected chi connectivity index (χ1v) is 10.5. The average molecular weight is 387 g/mol. The molecule has 1 aliphatic heterocycles. The summed E-state index contributed by atoms with van der Waals surface area (Å²) in [6.45, 7) is 4.34. The Morgan fingerprint density at radius 3 is 2.69 bits per heavy atom. The van der Waals surface area contributed by atoms with Gasteiger partial charge in [0, 0.05) is 39.3 Å². The molecule has 0 atom stereocenters. The van der Waals surface area contributed by atoms with E-state index in [-0.39, 0.29) is 31.2 Å². The number of rotatable bonds is 9. The van der Waals surface area contributed by atoms with Gasteiger partial charge in [-0.1, -0.05) is 12.1 Å². The van der Waals surface area contributed by atoms with E-state index in [1.807, 2.05) is 0 Å². The molecule has 1 heterocycles. The fourth-order valence-electron chi connectivity index (χ4n) is 2.74. The highest BCUT2D eigenvalue weighted by Gasteiger charge is 2.19. The number of benzene rings is 1. The second kappa shape index (κ2) is 9.96. The minimum absolute atomic E-state index is 0.0599. The zero-order chi connectivity index (χ0) is 19.0. The Morgan fingerprint density at radius 1 is 1.31 bits per heavy atom. The Kier molecular flexibility index (Phi) is 7.95. The van der Waals surface area contributed by atoms with Crippen molar-refractivity contribution in [2.45, 2.75) is 6.42 Å². The molecule has 146 valence electrons. The maximum absolute atomic E-state index is 13.1. The van der Waals surface area contributed by atoms with Crippen LogP contribution in [0.25, 0.3) is 0 Å². The Bertz CT molecular complexity index is 693. The number of amides is 1. The first kappa shape index (κ1) is 20.8. The number of ether oxygens (including phenoxy) is 1. The molecule has 1 fully saturated rings. The SMILES string of the molecule is CS(=O)(=O)N(CCNC(=O)Cc1cccc(F)c1)CCN1CCOCC1. The first-order chi connectivity index (χ1) is 12.3. The van der Waals surface area contributed by atoms with Crippen LogP contribution < -0.4 is 5.32 Å². The predicted octanol–water partition coefficient (Wildman–Crippen LogP) is 0.0782. The van der Waals surface area contributed by atoms with Crippen LogP contribution in [0.4, 0.5) is 4.39 Å². The summed E-state index contributed by atoms with van der Waals surface area (Å²) in [7, 11) is -3.35. The summed E-state index contributed by atoms with van der Waals surface area (Å²) in [6.07, 6.45) is 1.23. The molecule has 1 aliphatic rings. The fourth-order valence-corrected chi connectivity index (χ4v) is 3.57. The van der Waals surface area contributed by atoms with Crippen molar-refractivity contribution in [3.63, 3.8) is 0 Å². The van der Waals surface area contributed by atoms with E-state index in [9.17, 15) is 17.6 Å². The molecule has 1 saturated heterocycles. The molecule has 1 aromatic carbocycles. The van der Waals surface area contributed by atoms with Gasteiger partial charge >= 0.3 is 0 Å². The molecule has 0 spiro atoms. The number of carbonyl (C=O) groups excluding carboxylic acids is 1. The molecule has 1 aromatic rings. The second-order valence-corrected chi connectivity index (χ2v) is 8.26. The second-order valence-electron chi connectivity index (χ2n) is 6.27. The number of sulfonamides is 1. The number of nitrogens with zero attached hydrogens (tertiary/aromatic N) is 2. The highest BCUT2D eigenvalue weighted by Crippen LogP contribution is 2.04. The summed E-state index contributed by atoms with van der Waals surface area (Å²) in [5, 5.41) is 2.69. The molecule has 1 amide bonds. The van der Waals surface area contributed by atoms with Gasteiger partial charge in [-0.2, -0.15) is 4.31 Å². The van der Waals surface area contributed by atoms with Crippen molar-refractivity contribution in [2.75, 3.05) is 58.7 Å². The quantitative estimate of drug-likeness (QED) is 0.649. The lowest BCUT2D eigenvalue weighted by molar-refractivity contribution is -0.120. The van der Waals surface area contributed by atoms with Crippen LogP contribution in [0.3, 0.4) is 0 Å². The smallest absolute Gasteiger partial charge is 0.224 e. The van der Waals surface area contributed by atoms with Gasteiger partial charge in [0.15, 0.2) is 0 Å². The van der Waals surface area contributed by atoms with Crippen molar-refractivity contribution < 1.29 is 22.3 Å².